The summed E-state index contributed by atoms with van der Waals surface area (Å²) in [4.78, 5) is 28.7. The summed E-state index contributed by atoms with van der Waals surface area (Å²) in [6.07, 6.45) is 2.24. The summed E-state index contributed by atoms with van der Waals surface area (Å²) in [6.45, 7) is 7.69. The van der Waals surface area contributed by atoms with Crippen LogP contribution in [0.4, 0.5) is 5.69 Å². The lowest BCUT2D eigenvalue weighted by atomic mass is 10.2. The minimum Gasteiger partial charge on any atom is -0.352 e. The van der Waals surface area contributed by atoms with E-state index in [-0.39, 0.29) is 17.9 Å². The van der Waals surface area contributed by atoms with Gasteiger partial charge in [0.2, 0.25) is 11.8 Å². The molecule has 3 rings (SSSR count). The van der Waals surface area contributed by atoms with Crippen molar-refractivity contribution < 1.29 is 9.59 Å². The largest absolute Gasteiger partial charge is 0.352 e. The number of benzene rings is 1. The Morgan fingerprint density at radius 2 is 1.76 bits per heavy atom. The maximum Gasteiger partial charge on any atom is 0.241 e. The van der Waals surface area contributed by atoms with Crippen LogP contribution in [0.5, 0.6) is 0 Å². The highest BCUT2D eigenvalue weighted by Gasteiger charge is 2.28. The van der Waals surface area contributed by atoms with Crippen LogP contribution in [0.25, 0.3) is 0 Å². The zero-order valence-electron chi connectivity index (χ0n) is 15.1. The minimum absolute atomic E-state index is 0.0174. The van der Waals surface area contributed by atoms with Gasteiger partial charge in [0, 0.05) is 37.9 Å². The molecule has 1 heterocycles. The van der Waals surface area contributed by atoms with Crippen molar-refractivity contribution in [2.45, 2.75) is 38.8 Å². The van der Waals surface area contributed by atoms with Gasteiger partial charge in [-0.05, 0) is 38.8 Å². The first-order valence-electron chi connectivity index (χ1n) is 9.14. The average Bonchev–Trinajstić information content (AvgIpc) is 3.40. The summed E-state index contributed by atoms with van der Waals surface area (Å²) < 4.78 is 0. The Balaban J connectivity index is 1.42. The van der Waals surface area contributed by atoms with Gasteiger partial charge in [-0.1, -0.05) is 17.7 Å². The molecular formula is C19H28N4O2. The first kappa shape index (κ1) is 17.9. The zero-order chi connectivity index (χ0) is 17.8. The summed E-state index contributed by atoms with van der Waals surface area (Å²) in [5, 5.41) is 6.01. The van der Waals surface area contributed by atoms with Crippen LogP contribution in [-0.2, 0) is 9.59 Å². The van der Waals surface area contributed by atoms with Crippen molar-refractivity contribution in [2.24, 2.45) is 0 Å². The third-order valence-electron chi connectivity index (χ3n) is 4.96. The second-order valence-electron chi connectivity index (χ2n) is 7.19. The molecule has 1 aliphatic heterocycles. The van der Waals surface area contributed by atoms with Crippen molar-refractivity contribution in [2.75, 3.05) is 38.0 Å². The minimum atomic E-state index is -0.177. The monoisotopic (exact) mass is 344 g/mol. The summed E-state index contributed by atoms with van der Waals surface area (Å²) in [5.41, 5.74) is 2.01. The van der Waals surface area contributed by atoms with Gasteiger partial charge in [0.15, 0.2) is 0 Å². The van der Waals surface area contributed by atoms with Crippen LogP contribution in [-0.4, -0.2) is 66.4 Å². The van der Waals surface area contributed by atoms with Crippen LogP contribution >= 0.6 is 0 Å². The Kier molecular flexibility index (Phi) is 5.71. The molecule has 1 aromatic rings. The number of hydrogen-bond acceptors (Lipinski definition) is 4. The number of nitrogens with one attached hydrogen (secondary N) is 2. The molecule has 0 radical (unpaired) electrons. The van der Waals surface area contributed by atoms with Gasteiger partial charge in [-0.2, -0.15) is 0 Å². The first-order chi connectivity index (χ1) is 12.0. The van der Waals surface area contributed by atoms with Gasteiger partial charge >= 0.3 is 0 Å². The molecule has 2 fully saturated rings. The molecule has 2 N–H and O–H groups in total. The number of nitrogens with zero attached hydrogens (tertiary/aromatic N) is 2. The predicted octanol–water partition coefficient (Wildman–Crippen LogP) is 1.22. The molecule has 1 aromatic carbocycles. The number of aryl methyl sites for hydroxylation is 1. The molecule has 0 bridgehead atoms. The Hall–Kier alpha value is -1.92. The fourth-order valence-electron chi connectivity index (χ4n) is 3.06. The third-order valence-corrected chi connectivity index (χ3v) is 4.96. The maximum absolute atomic E-state index is 12.5. The lowest BCUT2D eigenvalue weighted by Crippen LogP contribution is -2.54. The second-order valence-corrected chi connectivity index (χ2v) is 7.19. The fraction of sp³-hybridized carbons (Fsp3) is 0.579. The average molecular weight is 344 g/mol. The Bertz CT molecular complexity index is 604. The number of hydrogen-bond donors (Lipinski definition) is 2. The summed E-state index contributed by atoms with van der Waals surface area (Å²) in [7, 11) is 0. The maximum atomic E-state index is 12.5. The summed E-state index contributed by atoms with van der Waals surface area (Å²) in [6, 6.07) is 8.08. The van der Waals surface area contributed by atoms with Crippen LogP contribution in [0.2, 0.25) is 0 Å². The highest BCUT2D eigenvalue weighted by Crippen LogP contribution is 2.18. The van der Waals surface area contributed by atoms with E-state index >= 15 is 0 Å². The van der Waals surface area contributed by atoms with Crippen LogP contribution in [0, 0.1) is 6.92 Å². The van der Waals surface area contributed by atoms with Crippen molar-refractivity contribution >= 4 is 17.5 Å². The van der Waals surface area contributed by atoms with Crippen LogP contribution in [0.1, 0.15) is 25.3 Å². The molecule has 1 atom stereocenters. The number of carbonyl (C=O) groups is 2. The van der Waals surface area contributed by atoms with Gasteiger partial charge in [-0.3, -0.25) is 19.4 Å². The molecule has 2 aliphatic rings. The van der Waals surface area contributed by atoms with Crippen LogP contribution < -0.4 is 10.6 Å². The van der Waals surface area contributed by atoms with Gasteiger partial charge in [-0.25, -0.2) is 0 Å². The number of anilines is 1. The smallest absolute Gasteiger partial charge is 0.241 e. The molecular weight excluding hydrogens is 316 g/mol. The zero-order valence-corrected chi connectivity index (χ0v) is 15.1. The number of amides is 2. The van der Waals surface area contributed by atoms with E-state index in [1.807, 2.05) is 38.1 Å². The van der Waals surface area contributed by atoms with Gasteiger partial charge in [0.25, 0.3) is 0 Å². The molecule has 136 valence electrons. The molecule has 0 spiro atoms. The molecule has 2 amide bonds. The van der Waals surface area contributed by atoms with E-state index in [9.17, 15) is 9.59 Å². The van der Waals surface area contributed by atoms with Gasteiger partial charge in [0.1, 0.15) is 0 Å². The second kappa shape index (κ2) is 7.97. The molecule has 0 unspecified atom stereocenters. The summed E-state index contributed by atoms with van der Waals surface area (Å²) >= 11 is 0. The Morgan fingerprint density at radius 1 is 1.12 bits per heavy atom. The van der Waals surface area contributed by atoms with E-state index in [0.29, 0.717) is 12.6 Å². The van der Waals surface area contributed by atoms with Gasteiger partial charge < -0.3 is 10.6 Å². The third kappa shape index (κ3) is 5.28. The van der Waals surface area contributed by atoms with Crippen molar-refractivity contribution in [3.8, 4) is 0 Å². The highest BCUT2D eigenvalue weighted by atomic mass is 16.2. The number of carbonyl (C=O) groups excluding carboxylic acids is 2. The SMILES string of the molecule is Cc1ccc(NC(=O)[C@@H](C)N2CCN(CC(=O)NC3CC3)CC2)cc1. The molecule has 1 saturated heterocycles. The van der Waals surface area contributed by atoms with Crippen molar-refractivity contribution in [3.63, 3.8) is 0 Å². The quantitative estimate of drug-likeness (QED) is 0.814. The predicted molar refractivity (Wildman–Crippen MR) is 98.4 cm³/mol. The normalized spacial score (nSPS) is 20.1. The van der Waals surface area contributed by atoms with Gasteiger partial charge in [-0.15, -0.1) is 0 Å². The Labute approximate surface area is 149 Å². The van der Waals surface area contributed by atoms with Crippen molar-refractivity contribution in [1.29, 1.82) is 0 Å². The van der Waals surface area contributed by atoms with E-state index in [2.05, 4.69) is 20.4 Å². The van der Waals surface area contributed by atoms with E-state index in [0.717, 1.165) is 44.7 Å². The van der Waals surface area contributed by atoms with E-state index in [1.165, 1.54) is 5.56 Å². The molecule has 1 aliphatic carbocycles. The van der Waals surface area contributed by atoms with Crippen molar-refractivity contribution in [1.82, 2.24) is 15.1 Å². The standard InChI is InChI=1S/C19H28N4O2/c1-14-3-5-17(6-4-14)21-19(25)15(2)23-11-9-22(10-12-23)13-18(24)20-16-7-8-16/h3-6,15-16H,7-13H2,1-2H3,(H,20,24)(H,21,25)/t15-/m1/s1. The fourth-order valence-corrected chi connectivity index (χ4v) is 3.06. The first-order valence-corrected chi connectivity index (χ1v) is 9.14. The number of rotatable bonds is 6. The van der Waals surface area contributed by atoms with Crippen molar-refractivity contribution in [3.05, 3.63) is 29.8 Å². The van der Waals surface area contributed by atoms with Gasteiger partial charge in [0.05, 0.1) is 12.6 Å². The molecule has 1 saturated carbocycles. The summed E-state index contributed by atoms with van der Waals surface area (Å²) in [5.74, 6) is 0.143. The number of piperazine rings is 1. The van der Waals surface area contributed by atoms with E-state index in [4.69, 9.17) is 0 Å². The molecule has 6 heteroatoms. The van der Waals surface area contributed by atoms with Crippen LogP contribution in [0.3, 0.4) is 0 Å². The lowest BCUT2D eigenvalue weighted by molar-refractivity contribution is -0.124. The van der Waals surface area contributed by atoms with Crippen LogP contribution in [0.15, 0.2) is 24.3 Å². The Morgan fingerprint density at radius 3 is 2.36 bits per heavy atom. The highest BCUT2D eigenvalue weighted by molar-refractivity contribution is 5.94. The molecule has 25 heavy (non-hydrogen) atoms. The molecule has 6 nitrogen and oxygen atoms in total. The molecule has 0 aromatic heterocycles. The topological polar surface area (TPSA) is 64.7 Å². The van der Waals surface area contributed by atoms with E-state index < -0.39 is 0 Å². The lowest BCUT2D eigenvalue weighted by Gasteiger charge is -2.37. The van der Waals surface area contributed by atoms with E-state index in [1.54, 1.807) is 0 Å².